The fraction of sp³-hybridized carbons (Fsp3) is 0.538. The molecule has 0 amide bonds. The Kier molecular flexibility index (Phi) is 5.47. The van der Waals surface area contributed by atoms with Crippen LogP contribution < -0.4 is 5.32 Å². The van der Waals surface area contributed by atoms with Crippen LogP contribution in [0.5, 0.6) is 0 Å². The van der Waals surface area contributed by atoms with Gasteiger partial charge in [-0.25, -0.2) is 0 Å². The average molecular weight is 280 g/mol. The lowest BCUT2D eigenvalue weighted by Crippen LogP contribution is -2.18. The highest BCUT2D eigenvalue weighted by Crippen LogP contribution is 2.28. The van der Waals surface area contributed by atoms with Gasteiger partial charge in [0.1, 0.15) is 0 Å². The molecule has 1 nitrogen and oxygen atoms in total. The molecule has 1 N–H and O–H groups in total. The third kappa shape index (κ3) is 4.86. The number of benzene rings is 1. The maximum Gasteiger partial charge on any atom is 0.389 e. The minimum atomic E-state index is -4.08. The maximum absolute atomic E-state index is 12.1. The summed E-state index contributed by atoms with van der Waals surface area (Å²) in [5, 5.41) is 3.65. The zero-order chi connectivity index (χ0) is 13.8. The normalized spacial score (nSPS) is 13.7. The molecule has 0 aromatic heterocycles. The summed E-state index contributed by atoms with van der Waals surface area (Å²) in [6, 6.07) is 5.38. The molecule has 1 aromatic carbocycles. The van der Waals surface area contributed by atoms with Gasteiger partial charge in [0.15, 0.2) is 0 Å². The molecular formula is C13H17ClF3N. The van der Waals surface area contributed by atoms with Crippen LogP contribution in [0.4, 0.5) is 13.2 Å². The van der Waals surface area contributed by atoms with Gasteiger partial charge < -0.3 is 5.32 Å². The highest BCUT2D eigenvalue weighted by molar-refractivity contribution is 6.30. The van der Waals surface area contributed by atoms with E-state index in [1.807, 2.05) is 19.1 Å². The minimum Gasteiger partial charge on any atom is -0.313 e. The molecule has 1 atom stereocenters. The van der Waals surface area contributed by atoms with Gasteiger partial charge in [-0.15, -0.1) is 0 Å². The van der Waals surface area contributed by atoms with E-state index in [1.165, 1.54) is 0 Å². The van der Waals surface area contributed by atoms with E-state index in [-0.39, 0.29) is 12.5 Å². The molecule has 0 aliphatic heterocycles. The summed E-state index contributed by atoms with van der Waals surface area (Å²) in [7, 11) is 1.75. The molecule has 0 fully saturated rings. The van der Waals surface area contributed by atoms with E-state index in [2.05, 4.69) is 5.32 Å². The number of alkyl halides is 3. The molecule has 0 radical (unpaired) electrons. The number of halogens is 4. The summed E-state index contributed by atoms with van der Waals surface area (Å²) < 4.78 is 36.3. The highest BCUT2D eigenvalue weighted by atomic mass is 35.5. The molecular weight excluding hydrogens is 263 g/mol. The molecule has 0 spiro atoms. The lowest BCUT2D eigenvalue weighted by Gasteiger charge is -2.19. The van der Waals surface area contributed by atoms with E-state index in [0.717, 1.165) is 11.1 Å². The van der Waals surface area contributed by atoms with Gasteiger partial charge in [-0.2, -0.15) is 13.2 Å². The van der Waals surface area contributed by atoms with Crippen LogP contribution in [0.25, 0.3) is 0 Å². The van der Waals surface area contributed by atoms with Gasteiger partial charge >= 0.3 is 6.18 Å². The summed E-state index contributed by atoms with van der Waals surface area (Å²) in [5.41, 5.74) is 2.00. The van der Waals surface area contributed by atoms with Gasteiger partial charge in [-0.05, 0) is 50.1 Å². The first kappa shape index (κ1) is 15.3. The molecule has 0 aliphatic carbocycles. The van der Waals surface area contributed by atoms with Gasteiger partial charge in [-0.3, -0.25) is 0 Å². The molecule has 0 bridgehead atoms. The fourth-order valence-electron chi connectivity index (χ4n) is 1.95. The monoisotopic (exact) mass is 279 g/mol. The summed E-state index contributed by atoms with van der Waals surface area (Å²) >= 11 is 5.92. The van der Waals surface area contributed by atoms with Crippen molar-refractivity contribution in [3.8, 4) is 0 Å². The van der Waals surface area contributed by atoms with Gasteiger partial charge in [0, 0.05) is 17.5 Å². The van der Waals surface area contributed by atoms with Crippen LogP contribution >= 0.6 is 11.6 Å². The second-order valence-electron chi connectivity index (χ2n) is 4.35. The van der Waals surface area contributed by atoms with Crippen molar-refractivity contribution >= 4 is 11.6 Å². The average Bonchev–Trinajstić information content (AvgIpc) is 2.27. The van der Waals surface area contributed by atoms with E-state index in [4.69, 9.17) is 11.6 Å². The van der Waals surface area contributed by atoms with Gasteiger partial charge in [0.2, 0.25) is 0 Å². The summed E-state index contributed by atoms with van der Waals surface area (Å²) in [6.07, 6.45) is -4.27. The van der Waals surface area contributed by atoms with Crippen molar-refractivity contribution < 1.29 is 13.2 Å². The molecule has 18 heavy (non-hydrogen) atoms. The van der Waals surface area contributed by atoms with E-state index < -0.39 is 12.6 Å². The molecule has 102 valence electrons. The van der Waals surface area contributed by atoms with Crippen molar-refractivity contribution in [2.24, 2.45) is 0 Å². The topological polar surface area (TPSA) is 12.0 Å². The van der Waals surface area contributed by atoms with Crippen molar-refractivity contribution in [3.63, 3.8) is 0 Å². The predicted molar refractivity (Wildman–Crippen MR) is 67.9 cm³/mol. The van der Waals surface area contributed by atoms with E-state index in [0.29, 0.717) is 11.4 Å². The van der Waals surface area contributed by atoms with Crippen LogP contribution in [0.15, 0.2) is 18.2 Å². The predicted octanol–water partition coefficient (Wildman–Crippen LogP) is 4.64. The lowest BCUT2D eigenvalue weighted by molar-refractivity contribution is -0.135. The van der Waals surface area contributed by atoms with Crippen molar-refractivity contribution in [1.82, 2.24) is 5.32 Å². The lowest BCUT2D eigenvalue weighted by atomic mass is 9.97. The SMILES string of the molecule is CNC(CCCC(F)(F)F)c1cc(Cl)ccc1C. The molecule has 0 saturated heterocycles. The molecule has 1 aromatic rings. The summed E-state index contributed by atoms with van der Waals surface area (Å²) in [6.45, 7) is 1.93. The van der Waals surface area contributed by atoms with E-state index in [9.17, 15) is 13.2 Å². The van der Waals surface area contributed by atoms with Crippen LogP contribution in [0, 0.1) is 6.92 Å². The second-order valence-corrected chi connectivity index (χ2v) is 4.79. The molecule has 1 rings (SSSR count). The van der Waals surface area contributed by atoms with Crippen molar-refractivity contribution in [2.45, 2.75) is 38.4 Å². The molecule has 0 aliphatic rings. The molecule has 5 heteroatoms. The van der Waals surface area contributed by atoms with Crippen molar-refractivity contribution in [2.75, 3.05) is 7.05 Å². The second kappa shape index (κ2) is 6.43. The number of nitrogens with one attached hydrogen (secondary N) is 1. The van der Waals surface area contributed by atoms with Crippen LogP contribution in [0.3, 0.4) is 0 Å². The molecule has 0 heterocycles. The van der Waals surface area contributed by atoms with Gasteiger partial charge in [0.25, 0.3) is 0 Å². The quantitative estimate of drug-likeness (QED) is 0.828. The first-order valence-corrected chi connectivity index (χ1v) is 6.21. The number of hydrogen-bond acceptors (Lipinski definition) is 1. The summed E-state index contributed by atoms with van der Waals surface area (Å²) in [5.74, 6) is 0. The van der Waals surface area contributed by atoms with Gasteiger partial charge in [0.05, 0.1) is 0 Å². The first-order valence-electron chi connectivity index (χ1n) is 5.83. The largest absolute Gasteiger partial charge is 0.389 e. The van der Waals surface area contributed by atoms with Crippen LogP contribution in [-0.4, -0.2) is 13.2 Å². The maximum atomic E-state index is 12.1. The Balaban J connectivity index is 2.68. The highest BCUT2D eigenvalue weighted by Gasteiger charge is 2.26. The van der Waals surface area contributed by atoms with Crippen LogP contribution in [0.1, 0.15) is 36.4 Å². The Hall–Kier alpha value is -0.740. The third-order valence-corrected chi connectivity index (χ3v) is 3.15. The number of rotatable bonds is 5. The Bertz CT molecular complexity index is 390. The Morgan fingerprint density at radius 2 is 2.00 bits per heavy atom. The number of hydrogen-bond donors (Lipinski definition) is 1. The molecule has 0 saturated carbocycles. The van der Waals surface area contributed by atoms with Crippen LogP contribution in [0.2, 0.25) is 5.02 Å². The van der Waals surface area contributed by atoms with Crippen LogP contribution in [-0.2, 0) is 0 Å². The third-order valence-electron chi connectivity index (χ3n) is 2.92. The van der Waals surface area contributed by atoms with E-state index >= 15 is 0 Å². The number of aryl methyl sites for hydroxylation is 1. The standard InChI is InChI=1S/C13H17ClF3N/c1-9-5-6-10(14)8-11(9)12(18-2)4-3-7-13(15,16)17/h5-6,8,12,18H,3-4,7H2,1-2H3. The first-order chi connectivity index (χ1) is 8.33. The zero-order valence-electron chi connectivity index (χ0n) is 10.4. The summed E-state index contributed by atoms with van der Waals surface area (Å²) in [4.78, 5) is 0. The Labute approximate surface area is 110 Å². The zero-order valence-corrected chi connectivity index (χ0v) is 11.2. The Morgan fingerprint density at radius 3 is 2.56 bits per heavy atom. The fourth-order valence-corrected chi connectivity index (χ4v) is 2.13. The molecule has 1 unspecified atom stereocenters. The van der Waals surface area contributed by atoms with Crippen molar-refractivity contribution in [3.05, 3.63) is 34.3 Å². The smallest absolute Gasteiger partial charge is 0.313 e. The van der Waals surface area contributed by atoms with Gasteiger partial charge in [-0.1, -0.05) is 17.7 Å². The van der Waals surface area contributed by atoms with E-state index in [1.54, 1.807) is 13.1 Å². The minimum absolute atomic E-state index is 0.0916. The Morgan fingerprint density at radius 1 is 1.33 bits per heavy atom. The van der Waals surface area contributed by atoms with Crippen molar-refractivity contribution in [1.29, 1.82) is 0 Å².